The van der Waals surface area contributed by atoms with Crippen LogP contribution in [0, 0.1) is 0 Å². The number of hydrogen-bond acceptors (Lipinski definition) is 5. The van der Waals surface area contributed by atoms with Gasteiger partial charge in [-0.2, -0.15) is 0 Å². The maximum Gasteiger partial charge on any atom is 0.338 e. The van der Waals surface area contributed by atoms with Crippen molar-refractivity contribution in [3.8, 4) is 5.75 Å². The molecule has 1 aromatic rings. The molecule has 0 aromatic heterocycles. The van der Waals surface area contributed by atoms with Crippen LogP contribution in [-0.2, 0) is 19.1 Å². The Balaban J connectivity index is 1.52. The zero-order chi connectivity index (χ0) is 16.9. The van der Waals surface area contributed by atoms with Gasteiger partial charge in [-0.15, -0.1) is 0 Å². The summed E-state index contributed by atoms with van der Waals surface area (Å²) in [6, 6.07) is 7.44. The van der Waals surface area contributed by atoms with Crippen molar-refractivity contribution in [1.29, 1.82) is 0 Å². The third-order valence-corrected chi connectivity index (χ3v) is 4.08. The summed E-state index contributed by atoms with van der Waals surface area (Å²) in [5, 5.41) is 2.76. The van der Waals surface area contributed by atoms with Gasteiger partial charge in [0.15, 0.2) is 6.10 Å². The van der Waals surface area contributed by atoms with Crippen molar-refractivity contribution in [3.63, 3.8) is 0 Å². The quantitative estimate of drug-likeness (QED) is 0.831. The van der Waals surface area contributed by atoms with Gasteiger partial charge in [-0.05, 0) is 31.9 Å². The molecule has 2 atom stereocenters. The zero-order valence-electron chi connectivity index (χ0n) is 13.6. The minimum atomic E-state index is -0.864. The molecule has 1 saturated heterocycles. The molecular formula is C18H21NO5. The van der Waals surface area contributed by atoms with Crippen LogP contribution in [0.3, 0.4) is 0 Å². The molecule has 0 spiro atoms. The molecule has 2 aliphatic heterocycles. The molecule has 2 heterocycles. The topological polar surface area (TPSA) is 73.9 Å². The van der Waals surface area contributed by atoms with Gasteiger partial charge in [-0.1, -0.05) is 18.2 Å². The largest absolute Gasteiger partial charge is 0.488 e. The number of amides is 1. The fourth-order valence-electron chi connectivity index (χ4n) is 2.69. The fourth-order valence-corrected chi connectivity index (χ4v) is 2.69. The fraction of sp³-hybridized carbons (Fsp3) is 0.444. The zero-order valence-corrected chi connectivity index (χ0v) is 13.6. The first-order valence-electron chi connectivity index (χ1n) is 8.16. The lowest BCUT2D eigenvalue weighted by Gasteiger charge is -2.19. The first-order valence-corrected chi connectivity index (χ1v) is 8.16. The molecule has 1 fully saturated rings. The van der Waals surface area contributed by atoms with Gasteiger partial charge >= 0.3 is 5.97 Å². The number of fused-ring (bicyclic) bond motifs is 1. The normalized spacial score (nSPS) is 20.4. The summed E-state index contributed by atoms with van der Waals surface area (Å²) in [7, 11) is 0. The standard InChI is InChI=1S/C18H21NO5/c1-12(17(20)19-10-15-6-4-8-22-15)24-18(21)14-9-13-5-2-3-7-16(13)23-11-14/h2-3,5,7,9,12,15H,4,6,8,10-11H2,1H3,(H,19,20)/t12-,15+/m1/s1. The van der Waals surface area contributed by atoms with Crippen LogP contribution in [0.15, 0.2) is 29.8 Å². The Hall–Kier alpha value is -2.34. The Morgan fingerprint density at radius 3 is 3.00 bits per heavy atom. The number of benzene rings is 1. The van der Waals surface area contributed by atoms with Crippen molar-refractivity contribution in [2.75, 3.05) is 19.8 Å². The molecule has 0 saturated carbocycles. The van der Waals surface area contributed by atoms with E-state index in [0.29, 0.717) is 12.1 Å². The number of nitrogens with one attached hydrogen (secondary N) is 1. The number of para-hydroxylation sites is 1. The maximum atomic E-state index is 12.2. The molecule has 1 aromatic carbocycles. The Morgan fingerprint density at radius 1 is 1.38 bits per heavy atom. The third-order valence-electron chi connectivity index (χ3n) is 4.08. The highest BCUT2D eigenvalue weighted by atomic mass is 16.6. The van der Waals surface area contributed by atoms with Gasteiger partial charge in [-0.25, -0.2) is 4.79 Å². The average molecular weight is 331 g/mol. The first-order chi connectivity index (χ1) is 11.6. The second-order valence-electron chi connectivity index (χ2n) is 5.92. The van der Waals surface area contributed by atoms with Crippen LogP contribution in [-0.4, -0.2) is 43.8 Å². The summed E-state index contributed by atoms with van der Waals surface area (Å²) in [6.07, 6.45) is 2.89. The van der Waals surface area contributed by atoms with Crippen LogP contribution in [0.4, 0.5) is 0 Å². The van der Waals surface area contributed by atoms with Crippen LogP contribution < -0.4 is 10.1 Å². The first kappa shape index (κ1) is 16.5. The highest BCUT2D eigenvalue weighted by molar-refractivity contribution is 5.96. The molecule has 1 N–H and O–H groups in total. The van der Waals surface area contributed by atoms with Crippen molar-refractivity contribution in [2.45, 2.75) is 32.0 Å². The molecule has 3 rings (SSSR count). The number of hydrogen-bond donors (Lipinski definition) is 1. The van der Waals surface area contributed by atoms with Crippen LogP contribution in [0.5, 0.6) is 5.75 Å². The van der Waals surface area contributed by atoms with E-state index >= 15 is 0 Å². The Kier molecular flexibility index (Phi) is 5.15. The van der Waals surface area contributed by atoms with Gasteiger partial charge in [0.05, 0.1) is 11.7 Å². The average Bonchev–Trinajstić information content (AvgIpc) is 3.12. The Labute approximate surface area is 140 Å². The van der Waals surface area contributed by atoms with Crippen LogP contribution in [0.1, 0.15) is 25.3 Å². The van der Waals surface area contributed by atoms with E-state index in [1.807, 2.05) is 24.3 Å². The summed E-state index contributed by atoms with van der Waals surface area (Å²) in [5.74, 6) is -0.128. The lowest BCUT2D eigenvalue weighted by molar-refractivity contribution is -0.151. The predicted molar refractivity (Wildman–Crippen MR) is 87.5 cm³/mol. The molecule has 0 bridgehead atoms. The molecule has 0 unspecified atom stereocenters. The van der Waals surface area contributed by atoms with E-state index in [0.717, 1.165) is 30.8 Å². The van der Waals surface area contributed by atoms with Gasteiger partial charge in [0.25, 0.3) is 5.91 Å². The summed E-state index contributed by atoms with van der Waals surface area (Å²) in [5.41, 5.74) is 1.22. The SMILES string of the molecule is C[C@@H](OC(=O)C1=Cc2ccccc2OC1)C(=O)NC[C@@H]1CCCO1. The van der Waals surface area contributed by atoms with Crippen LogP contribution >= 0.6 is 0 Å². The molecule has 6 heteroatoms. The van der Waals surface area contributed by atoms with Gasteiger partial charge in [0.1, 0.15) is 12.4 Å². The van der Waals surface area contributed by atoms with Crippen molar-refractivity contribution in [2.24, 2.45) is 0 Å². The van der Waals surface area contributed by atoms with Crippen LogP contribution in [0.25, 0.3) is 6.08 Å². The molecule has 6 nitrogen and oxygen atoms in total. The van der Waals surface area contributed by atoms with Crippen LogP contribution in [0.2, 0.25) is 0 Å². The second-order valence-corrected chi connectivity index (χ2v) is 5.92. The van der Waals surface area contributed by atoms with E-state index in [2.05, 4.69) is 5.32 Å². The molecule has 0 radical (unpaired) electrons. The smallest absolute Gasteiger partial charge is 0.338 e. The van der Waals surface area contributed by atoms with E-state index in [-0.39, 0.29) is 18.6 Å². The maximum absolute atomic E-state index is 12.2. The minimum Gasteiger partial charge on any atom is -0.488 e. The number of esters is 1. The summed E-state index contributed by atoms with van der Waals surface area (Å²) >= 11 is 0. The molecule has 1 amide bonds. The summed E-state index contributed by atoms with van der Waals surface area (Å²) in [6.45, 7) is 2.88. The Bertz CT molecular complexity index is 649. The molecular weight excluding hydrogens is 310 g/mol. The minimum absolute atomic E-state index is 0.0582. The number of carbonyl (C=O) groups excluding carboxylic acids is 2. The number of rotatable bonds is 5. The van der Waals surface area contributed by atoms with Gasteiger partial charge < -0.3 is 19.5 Å². The van der Waals surface area contributed by atoms with E-state index in [1.165, 1.54) is 0 Å². The number of ether oxygens (including phenoxy) is 3. The van der Waals surface area contributed by atoms with E-state index < -0.39 is 12.1 Å². The van der Waals surface area contributed by atoms with Crippen molar-refractivity contribution < 1.29 is 23.8 Å². The Morgan fingerprint density at radius 2 is 2.21 bits per heavy atom. The monoisotopic (exact) mass is 331 g/mol. The molecule has 2 aliphatic rings. The summed E-state index contributed by atoms with van der Waals surface area (Å²) in [4.78, 5) is 24.2. The third kappa shape index (κ3) is 3.94. The van der Waals surface area contributed by atoms with Gasteiger partial charge in [0.2, 0.25) is 0 Å². The van der Waals surface area contributed by atoms with Crippen molar-refractivity contribution in [1.82, 2.24) is 5.32 Å². The van der Waals surface area contributed by atoms with Crippen molar-refractivity contribution >= 4 is 18.0 Å². The highest BCUT2D eigenvalue weighted by Crippen LogP contribution is 2.26. The van der Waals surface area contributed by atoms with E-state index in [4.69, 9.17) is 14.2 Å². The lowest BCUT2D eigenvalue weighted by atomic mass is 10.1. The summed E-state index contributed by atoms with van der Waals surface area (Å²) < 4.78 is 16.2. The highest BCUT2D eigenvalue weighted by Gasteiger charge is 2.24. The van der Waals surface area contributed by atoms with Crippen molar-refractivity contribution in [3.05, 3.63) is 35.4 Å². The predicted octanol–water partition coefficient (Wildman–Crippen LogP) is 1.69. The molecule has 0 aliphatic carbocycles. The lowest BCUT2D eigenvalue weighted by Crippen LogP contribution is -2.40. The number of carbonyl (C=O) groups is 2. The van der Waals surface area contributed by atoms with Gasteiger partial charge in [0, 0.05) is 18.7 Å². The van der Waals surface area contributed by atoms with Gasteiger partial charge in [-0.3, -0.25) is 4.79 Å². The molecule has 128 valence electrons. The van der Waals surface area contributed by atoms with E-state index in [9.17, 15) is 9.59 Å². The van der Waals surface area contributed by atoms with E-state index in [1.54, 1.807) is 13.0 Å². The molecule has 24 heavy (non-hydrogen) atoms. The second kappa shape index (κ2) is 7.49.